The van der Waals surface area contributed by atoms with Crippen molar-refractivity contribution >= 4 is 27.5 Å². The standard InChI is InChI=1S/C13H19BrClNO2/c1-10(2)16(5-7-17)6-8-18-13-4-3-11(15)9-12(13)14/h3-4,9-10,17H,5-8H2,1-2H3. The third-order valence-electron chi connectivity index (χ3n) is 2.65. The number of aliphatic hydroxyl groups is 1. The van der Waals surface area contributed by atoms with Crippen LogP contribution >= 0.6 is 27.5 Å². The first-order chi connectivity index (χ1) is 8.54. The first kappa shape index (κ1) is 15.8. The number of hydrogen-bond donors (Lipinski definition) is 1. The highest BCUT2D eigenvalue weighted by atomic mass is 79.9. The maximum atomic E-state index is 8.97. The summed E-state index contributed by atoms with van der Waals surface area (Å²) in [5, 5.41) is 9.65. The van der Waals surface area contributed by atoms with Crippen LogP contribution < -0.4 is 4.74 Å². The normalized spacial score (nSPS) is 11.3. The highest BCUT2D eigenvalue weighted by Gasteiger charge is 2.09. The van der Waals surface area contributed by atoms with Crippen LogP contribution in [-0.4, -0.2) is 42.4 Å². The van der Waals surface area contributed by atoms with Gasteiger partial charge in [0.1, 0.15) is 12.4 Å². The van der Waals surface area contributed by atoms with E-state index in [0.717, 1.165) is 16.8 Å². The van der Waals surface area contributed by atoms with E-state index in [1.54, 1.807) is 6.07 Å². The van der Waals surface area contributed by atoms with E-state index in [1.165, 1.54) is 0 Å². The summed E-state index contributed by atoms with van der Waals surface area (Å²) in [7, 11) is 0. The number of halogens is 2. The van der Waals surface area contributed by atoms with Gasteiger partial charge in [0.25, 0.3) is 0 Å². The van der Waals surface area contributed by atoms with Crippen LogP contribution in [0.1, 0.15) is 13.8 Å². The third-order valence-corrected chi connectivity index (χ3v) is 3.50. The van der Waals surface area contributed by atoms with E-state index in [-0.39, 0.29) is 6.61 Å². The minimum absolute atomic E-state index is 0.169. The molecule has 0 amide bonds. The molecule has 0 aliphatic heterocycles. The lowest BCUT2D eigenvalue weighted by molar-refractivity contribution is 0.141. The van der Waals surface area contributed by atoms with Crippen molar-refractivity contribution in [1.82, 2.24) is 4.90 Å². The van der Waals surface area contributed by atoms with Gasteiger partial charge in [0, 0.05) is 24.2 Å². The molecule has 0 spiro atoms. The van der Waals surface area contributed by atoms with Gasteiger partial charge in [0.2, 0.25) is 0 Å². The van der Waals surface area contributed by atoms with E-state index in [2.05, 4.69) is 34.7 Å². The van der Waals surface area contributed by atoms with E-state index in [1.807, 2.05) is 12.1 Å². The average molecular weight is 337 g/mol. The van der Waals surface area contributed by atoms with Crippen molar-refractivity contribution < 1.29 is 9.84 Å². The summed E-state index contributed by atoms with van der Waals surface area (Å²) in [6, 6.07) is 5.85. The van der Waals surface area contributed by atoms with Crippen molar-refractivity contribution in [2.24, 2.45) is 0 Å². The predicted molar refractivity (Wildman–Crippen MR) is 78.4 cm³/mol. The van der Waals surface area contributed by atoms with E-state index in [9.17, 15) is 0 Å². The van der Waals surface area contributed by atoms with Gasteiger partial charge in [-0.2, -0.15) is 0 Å². The molecule has 5 heteroatoms. The van der Waals surface area contributed by atoms with Gasteiger partial charge < -0.3 is 9.84 Å². The van der Waals surface area contributed by atoms with Crippen LogP contribution in [0.15, 0.2) is 22.7 Å². The number of hydrogen-bond acceptors (Lipinski definition) is 3. The van der Waals surface area contributed by atoms with E-state index in [0.29, 0.717) is 24.2 Å². The molecule has 0 heterocycles. The molecule has 0 aromatic heterocycles. The van der Waals surface area contributed by atoms with Gasteiger partial charge in [-0.3, -0.25) is 4.90 Å². The molecule has 102 valence electrons. The fourth-order valence-electron chi connectivity index (χ4n) is 1.62. The van der Waals surface area contributed by atoms with E-state index < -0.39 is 0 Å². The summed E-state index contributed by atoms with van der Waals surface area (Å²) in [5.74, 6) is 0.784. The third kappa shape index (κ3) is 5.14. The Kier molecular flexibility index (Phi) is 7.00. The molecule has 0 unspecified atom stereocenters. The van der Waals surface area contributed by atoms with Crippen LogP contribution in [0, 0.1) is 0 Å². The Labute approximate surface area is 122 Å². The lowest BCUT2D eigenvalue weighted by Crippen LogP contribution is -2.36. The van der Waals surface area contributed by atoms with Crippen molar-refractivity contribution in [3.8, 4) is 5.75 Å². The molecule has 0 aliphatic rings. The minimum Gasteiger partial charge on any atom is -0.491 e. The molecule has 0 atom stereocenters. The molecule has 3 nitrogen and oxygen atoms in total. The molecule has 0 aliphatic carbocycles. The van der Waals surface area contributed by atoms with Gasteiger partial charge in [-0.05, 0) is 48.0 Å². The van der Waals surface area contributed by atoms with Crippen molar-refractivity contribution in [2.75, 3.05) is 26.3 Å². The topological polar surface area (TPSA) is 32.7 Å². The fraction of sp³-hybridized carbons (Fsp3) is 0.538. The summed E-state index contributed by atoms with van der Waals surface area (Å²) >= 11 is 9.27. The fourth-order valence-corrected chi connectivity index (χ4v) is 2.42. The Balaban J connectivity index is 2.45. The van der Waals surface area contributed by atoms with Gasteiger partial charge in [-0.15, -0.1) is 0 Å². The van der Waals surface area contributed by atoms with E-state index >= 15 is 0 Å². The molecule has 1 rings (SSSR count). The lowest BCUT2D eigenvalue weighted by Gasteiger charge is -2.25. The predicted octanol–water partition coefficient (Wildman–Crippen LogP) is 3.18. The number of ether oxygens (including phenoxy) is 1. The molecule has 1 aromatic rings. The molecule has 18 heavy (non-hydrogen) atoms. The highest BCUT2D eigenvalue weighted by Crippen LogP contribution is 2.27. The smallest absolute Gasteiger partial charge is 0.133 e. The van der Waals surface area contributed by atoms with Crippen LogP contribution in [-0.2, 0) is 0 Å². The number of nitrogens with zero attached hydrogens (tertiary/aromatic N) is 1. The monoisotopic (exact) mass is 335 g/mol. The molecule has 0 bridgehead atoms. The van der Waals surface area contributed by atoms with Gasteiger partial charge in [0.15, 0.2) is 0 Å². The van der Waals surface area contributed by atoms with Crippen molar-refractivity contribution in [1.29, 1.82) is 0 Å². The second-order valence-electron chi connectivity index (χ2n) is 4.28. The molecular formula is C13H19BrClNO2. The van der Waals surface area contributed by atoms with Crippen LogP contribution in [0.2, 0.25) is 5.02 Å². The quantitative estimate of drug-likeness (QED) is 0.830. The lowest BCUT2D eigenvalue weighted by atomic mass is 10.3. The molecule has 1 N–H and O–H groups in total. The zero-order valence-electron chi connectivity index (χ0n) is 10.7. The first-order valence-corrected chi connectivity index (χ1v) is 7.14. The molecule has 1 aromatic carbocycles. The van der Waals surface area contributed by atoms with Crippen LogP contribution in [0.5, 0.6) is 5.75 Å². The van der Waals surface area contributed by atoms with Crippen LogP contribution in [0.4, 0.5) is 0 Å². The van der Waals surface area contributed by atoms with Crippen LogP contribution in [0.25, 0.3) is 0 Å². The molecule has 0 radical (unpaired) electrons. The Morgan fingerprint density at radius 2 is 2.11 bits per heavy atom. The number of aliphatic hydroxyl groups excluding tert-OH is 1. The zero-order valence-corrected chi connectivity index (χ0v) is 13.0. The van der Waals surface area contributed by atoms with Gasteiger partial charge >= 0.3 is 0 Å². The second kappa shape index (κ2) is 8.00. The molecular weight excluding hydrogens is 318 g/mol. The summed E-state index contributed by atoms with van der Waals surface area (Å²) < 4.78 is 6.54. The number of rotatable bonds is 7. The molecule has 0 fully saturated rings. The summed E-state index contributed by atoms with van der Waals surface area (Å²) in [4.78, 5) is 2.17. The Hall–Kier alpha value is -0.290. The van der Waals surface area contributed by atoms with Crippen molar-refractivity contribution in [3.63, 3.8) is 0 Å². The maximum absolute atomic E-state index is 8.97. The summed E-state index contributed by atoms with van der Waals surface area (Å²) in [5.41, 5.74) is 0. The van der Waals surface area contributed by atoms with E-state index in [4.69, 9.17) is 21.4 Å². The van der Waals surface area contributed by atoms with Gasteiger partial charge in [-0.1, -0.05) is 11.6 Å². The van der Waals surface area contributed by atoms with Crippen LogP contribution in [0.3, 0.4) is 0 Å². The Morgan fingerprint density at radius 1 is 1.39 bits per heavy atom. The minimum atomic E-state index is 0.169. The summed E-state index contributed by atoms with van der Waals surface area (Å²) in [6.07, 6.45) is 0. The van der Waals surface area contributed by atoms with Gasteiger partial charge in [0.05, 0.1) is 11.1 Å². The molecule has 0 saturated carbocycles. The highest BCUT2D eigenvalue weighted by molar-refractivity contribution is 9.10. The van der Waals surface area contributed by atoms with Crippen molar-refractivity contribution in [3.05, 3.63) is 27.7 Å². The largest absolute Gasteiger partial charge is 0.491 e. The Bertz CT molecular complexity index is 374. The Morgan fingerprint density at radius 3 is 2.67 bits per heavy atom. The zero-order chi connectivity index (χ0) is 13.5. The summed E-state index contributed by atoms with van der Waals surface area (Å²) in [6.45, 7) is 6.42. The van der Waals surface area contributed by atoms with Crippen molar-refractivity contribution in [2.45, 2.75) is 19.9 Å². The average Bonchev–Trinajstić information content (AvgIpc) is 2.30. The molecule has 0 saturated heterocycles. The van der Waals surface area contributed by atoms with Gasteiger partial charge in [-0.25, -0.2) is 0 Å². The maximum Gasteiger partial charge on any atom is 0.133 e. The first-order valence-electron chi connectivity index (χ1n) is 5.97. The SMILES string of the molecule is CC(C)N(CCO)CCOc1ccc(Cl)cc1Br. The number of benzene rings is 1. The second-order valence-corrected chi connectivity index (χ2v) is 5.57.